The molecule has 2 N–H and O–H groups in total. The van der Waals surface area contributed by atoms with Gasteiger partial charge in [-0.05, 0) is 65.4 Å². The number of hydrogen-bond donors (Lipinski definition) is 1. The van der Waals surface area contributed by atoms with Gasteiger partial charge in [0.05, 0.1) is 5.69 Å². The summed E-state index contributed by atoms with van der Waals surface area (Å²) in [4.78, 5) is 0. The molecule has 0 bridgehead atoms. The Hall–Kier alpha value is -2.76. The largest absolute Gasteiger partial charge is 0.399 e. The summed E-state index contributed by atoms with van der Waals surface area (Å²) >= 11 is 0. The third-order valence-electron chi connectivity index (χ3n) is 2.90. The van der Waals surface area contributed by atoms with Crippen molar-refractivity contribution in [2.45, 2.75) is 6.92 Å². The first kappa shape index (κ1) is 12.3. The quantitative estimate of drug-likeness (QED) is 0.725. The van der Waals surface area contributed by atoms with E-state index in [1.807, 2.05) is 19.1 Å². The molecule has 0 aliphatic heterocycles. The van der Waals surface area contributed by atoms with Gasteiger partial charge in [-0.3, -0.25) is 0 Å². The number of nitrogens with two attached hydrogens (primary N) is 1. The van der Waals surface area contributed by atoms with Crippen LogP contribution in [0.1, 0.15) is 5.56 Å². The lowest BCUT2D eigenvalue weighted by molar-refractivity contribution is 0.627. The van der Waals surface area contributed by atoms with Crippen LogP contribution in [0.3, 0.4) is 0 Å². The van der Waals surface area contributed by atoms with E-state index in [1.54, 1.807) is 22.9 Å². The van der Waals surface area contributed by atoms with Gasteiger partial charge in [0.25, 0.3) is 0 Å². The number of benzene rings is 2. The molecular weight excluding hydrogens is 257 g/mol. The van der Waals surface area contributed by atoms with Gasteiger partial charge in [0, 0.05) is 11.3 Å². The topological polar surface area (TPSA) is 69.6 Å². The molecule has 0 radical (unpaired) electrons. The lowest BCUT2D eigenvalue weighted by atomic mass is 10.1. The summed E-state index contributed by atoms with van der Waals surface area (Å²) in [5, 5.41) is 11.6. The highest BCUT2D eigenvalue weighted by Gasteiger charge is 2.11. The van der Waals surface area contributed by atoms with Crippen molar-refractivity contribution in [3.05, 3.63) is 53.8 Å². The summed E-state index contributed by atoms with van der Waals surface area (Å²) in [6.45, 7) is 1.95. The van der Waals surface area contributed by atoms with Crippen molar-refractivity contribution in [3.63, 3.8) is 0 Å². The molecule has 0 saturated carbocycles. The van der Waals surface area contributed by atoms with Gasteiger partial charge in [0.15, 0.2) is 5.82 Å². The summed E-state index contributed by atoms with van der Waals surface area (Å²) in [6, 6.07) is 11.6. The monoisotopic (exact) mass is 269 g/mol. The maximum Gasteiger partial charge on any atom is 0.187 e. The molecule has 1 heterocycles. The Morgan fingerprint density at radius 2 is 1.85 bits per heavy atom. The van der Waals surface area contributed by atoms with E-state index in [0.29, 0.717) is 17.2 Å². The molecule has 0 aliphatic rings. The van der Waals surface area contributed by atoms with Crippen LogP contribution in [0.25, 0.3) is 17.1 Å². The van der Waals surface area contributed by atoms with Crippen LogP contribution in [0, 0.1) is 12.7 Å². The number of tetrazole rings is 1. The van der Waals surface area contributed by atoms with Gasteiger partial charge in [-0.25, -0.2) is 4.39 Å². The normalized spacial score (nSPS) is 10.7. The van der Waals surface area contributed by atoms with Crippen molar-refractivity contribution >= 4 is 5.69 Å². The molecule has 0 atom stereocenters. The van der Waals surface area contributed by atoms with E-state index in [0.717, 1.165) is 11.1 Å². The number of aromatic nitrogens is 4. The molecule has 0 aliphatic carbocycles. The zero-order chi connectivity index (χ0) is 14.1. The highest BCUT2D eigenvalue weighted by molar-refractivity contribution is 5.64. The van der Waals surface area contributed by atoms with Gasteiger partial charge < -0.3 is 5.73 Å². The van der Waals surface area contributed by atoms with Crippen LogP contribution in [-0.2, 0) is 0 Å². The van der Waals surface area contributed by atoms with Crippen molar-refractivity contribution < 1.29 is 4.39 Å². The van der Waals surface area contributed by atoms with Crippen LogP contribution in [0.15, 0.2) is 42.5 Å². The van der Waals surface area contributed by atoms with Crippen molar-refractivity contribution in [1.29, 1.82) is 0 Å². The molecule has 0 amide bonds. The molecule has 6 heteroatoms. The molecule has 3 rings (SSSR count). The van der Waals surface area contributed by atoms with Crippen LogP contribution >= 0.6 is 0 Å². The Morgan fingerprint density at radius 3 is 2.55 bits per heavy atom. The SMILES string of the molecule is Cc1cc(N)cc(-c2nnnn2-c2ccc(F)cc2)c1. The van der Waals surface area contributed by atoms with Crippen molar-refractivity contribution in [2.24, 2.45) is 0 Å². The molecule has 2 aromatic carbocycles. The minimum atomic E-state index is -0.303. The summed E-state index contributed by atoms with van der Waals surface area (Å²) < 4.78 is 14.5. The first-order chi connectivity index (χ1) is 9.63. The summed E-state index contributed by atoms with van der Waals surface area (Å²) in [6.07, 6.45) is 0. The predicted octanol–water partition coefficient (Wildman–Crippen LogP) is 2.36. The van der Waals surface area contributed by atoms with Gasteiger partial charge in [-0.15, -0.1) is 5.10 Å². The molecule has 3 aromatic rings. The molecule has 1 aromatic heterocycles. The summed E-state index contributed by atoms with van der Waals surface area (Å²) in [5.41, 5.74) is 9.02. The molecule has 0 fully saturated rings. The van der Waals surface area contributed by atoms with E-state index in [4.69, 9.17) is 5.73 Å². The first-order valence-electron chi connectivity index (χ1n) is 6.05. The first-order valence-corrected chi connectivity index (χ1v) is 6.05. The number of halogens is 1. The van der Waals surface area contributed by atoms with Gasteiger partial charge >= 0.3 is 0 Å². The number of rotatable bonds is 2. The number of hydrogen-bond acceptors (Lipinski definition) is 4. The number of anilines is 1. The van der Waals surface area contributed by atoms with Crippen LogP contribution in [0.2, 0.25) is 0 Å². The number of nitrogens with zero attached hydrogens (tertiary/aromatic N) is 4. The fraction of sp³-hybridized carbons (Fsp3) is 0.0714. The third-order valence-corrected chi connectivity index (χ3v) is 2.90. The molecule has 0 spiro atoms. The highest BCUT2D eigenvalue weighted by Crippen LogP contribution is 2.23. The average Bonchev–Trinajstić information content (AvgIpc) is 2.87. The molecule has 100 valence electrons. The van der Waals surface area contributed by atoms with Crippen LogP contribution in [0.4, 0.5) is 10.1 Å². The number of aryl methyl sites for hydroxylation is 1. The Bertz CT molecular complexity index is 728. The Kier molecular flexibility index (Phi) is 2.90. The molecule has 0 unspecified atom stereocenters. The zero-order valence-corrected chi connectivity index (χ0v) is 10.8. The molecular formula is C14H12FN5. The third kappa shape index (κ3) is 2.23. The van der Waals surface area contributed by atoms with E-state index >= 15 is 0 Å². The molecule has 5 nitrogen and oxygen atoms in total. The van der Waals surface area contributed by atoms with Crippen molar-refractivity contribution in [3.8, 4) is 17.1 Å². The van der Waals surface area contributed by atoms with E-state index in [9.17, 15) is 4.39 Å². The smallest absolute Gasteiger partial charge is 0.187 e. The predicted molar refractivity (Wildman–Crippen MR) is 73.7 cm³/mol. The van der Waals surface area contributed by atoms with E-state index in [-0.39, 0.29) is 5.82 Å². The van der Waals surface area contributed by atoms with E-state index in [2.05, 4.69) is 15.5 Å². The van der Waals surface area contributed by atoms with Crippen molar-refractivity contribution in [2.75, 3.05) is 5.73 Å². The minimum absolute atomic E-state index is 0.303. The highest BCUT2D eigenvalue weighted by atomic mass is 19.1. The van der Waals surface area contributed by atoms with Crippen molar-refractivity contribution in [1.82, 2.24) is 20.2 Å². The Labute approximate surface area is 114 Å². The molecule has 20 heavy (non-hydrogen) atoms. The van der Waals surface area contributed by atoms with Gasteiger partial charge in [0.2, 0.25) is 0 Å². The fourth-order valence-corrected chi connectivity index (χ4v) is 2.07. The van der Waals surface area contributed by atoms with E-state index in [1.165, 1.54) is 12.1 Å². The van der Waals surface area contributed by atoms with Crippen LogP contribution < -0.4 is 5.73 Å². The summed E-state index contributed by atoms with van der Waals surface area (Å²) in [7, 11) is 0. The number of nitrogen functional groups attached to an aromatic ring is 1. The maximum absolute atomic E-state index is 13.0. The second-order valence-corrected chi connectivity index (χ2v) is 4.52. The Morgan fingerprint density at radius 1 is 1.10 bits per heavy atom. The lowest BCUT2D eigenvalue weighted by Gasteiger charge is -2.06. The van der Waals surface area contributed by atoms with Gasteiger partial charge in [-0.1, -0.05) is 0 Å². The van der Waals surface area contributed by atoms with Gasteiger partial charge in [-0.2, -0.15) is 4.68 Å². The summed E-state index contributed by atoms with van der Waals surface area (Å²) in [5.74, 6) is 0.259. The standard InChI is InChI=1S/C14H12FN5/c1-9-6-10(8-12(16)7-9)14-17-18-19-20(14)13-4-2-11(15)3-5-13/h2-8H,16H2,1H3. The zero-order valence-electron chi connectivity index (χ0n) is 10.8. The lowest BCUT2D eigenvalue weighted by Crippen LogP contribution is -2.00. The molecule has 0 saturated heterocycles. The van der Waals surface area contributed by atoms with Gasteiger partial charge in [0.1, 0.15) is 5.82 Å². The minimum Gasteiger partial charge on any atom is -0.399 e. The van der Waals surface area contributed by atoms with Crippen LogP contribution in [-0.4, -0.2) is 20.2 Å². The second kappa shape index (κ2) is 4.73. The van der Waals surface area contributed by atoms with E-state index < -0.39 is 0 Å². The fourth-order valence-electron chi connectivity index (χ4n) is 2.07. The Balaban J connectivity index is 2.12. The maximum atomic E-state index is 13.0. The average molecular weight is 269 g/mol. The second-order valence-electron chi connectivity index (χ2n) is 4.52. The van der Waals surface area contributed by atoms with Crippen LogP contribution in [0.5, 0.6) is 0 Å².